The Morgan fingerprint density at radius 2 is 2.00 bits per heavy atom. The lowest BCUT2D eigenvalue weighted by atomic mass is 10.1. The lowest BCUT2D eigenvalue weighted by Gasteiger charge is -2.30. The molecule has 3 amide bonds. The second-order valence-electron chi connectivity index (χ2n) is 5.85. The second kappa shape index (κ2) is 9.09. The first-order valence-electron chi connectivity index (χ1n) is 8.33. The number of amides is 3. The van der Waals surface area contributed by atoms with E-state index >= 15 is 0 Å². The summed E-state index contributed by atoms with van der Waals surface area (Å²) in [6.45, 7) is 0. The van der Waals surface area contributed by atoms with Crippen molar-refractivity contribution in [3.05, 3.63) is 57.7 Å². The SMILES string of the molecule is COc1cc(C(=O)N/N=C\[C@@H]2C(=O)NC(=S)N(c3ccccc3)C2=O)ccc1I. The van der Waals surface area contributed by atoms with E-state index in [1.807, 2.05) is 0 Å². The number of carbonyl (C=O) groups is 3. The molecular weight excluding hydrogens is 507 g/mol. The van der Waals surface area contributed by atoms with E-state index in [0.717, 1.165) is 9.78 Å². The van der Waals surface area contributed by atoms with Crippen molar-refractivity contribution in [1.29, 1.82) is 0 Å². The minimum atomic E-state index is -1.23. The predicted octanol–water partition coefficient (Wildman–Crippen LogP) is 2.08. The second-order valence-corrected chi connectivity index (χ2v) is 7.40. The summed E-state index contributed by atoms with van der Waals surface area (Å²) in [6, 6.07) is 13.6. The standard InChI is InChI=1S/C19H15IN4O4S/c1-28-15-9-11(7-8-14(15)20)16(25)23-21-10-13-17(26)22-19(29)24(18(13)27)12-5-3-2-4-6-12/h2-10,13H,1H3,(H,23,25)(H,22,26,29)/b21-10-/t13-/m1/s1. The molecule has 10 heteroatoms. The van der Waals surface area contributed by atoms with Crippen LogP contribution in [0.5, 0.6) is 5.75 Å². The Bertz CT molecular complexity index is 1010. The van der Waals surface area contributed by atoms with Crippen molar-refractivity contribution in [2.45, 2.75) is 0 Å². The van der Waals surface area contributed by atoms with Gasteiger partial charge in [-0.2, -0.15) is 5.10 Å². The van der Waals surface area contributed by atoms with Gasteiger partial charge in [0.15, 0.2) is 11.0 Å². The van der Waals surface area contributed by atoms with Crippen molar-refractivity contribution in [3.8, 4) is 5.75 Å². The van der Waals surface area contributed by atoms with Gasteiger partial charge >= 0.3 is 0 Å². The molecular formula is C19H15IN4O4S. The maximum Gasteiger partial charge on any atom is 0.271 e. The predicted molar refractivity (Wildman–Crippen MR) is 120 cm³/mol. The Morgan fingerprint density at radius 3 is 2.69 bits per heavy atom. The van der Waals surface area contributed by atoms with E-state index < -0.39 is 23.6 Å². The van der Waals surface area contributed by atoms with Gasteiger partial charge in [0.2, 0.25) is 5.91 Å². The Kier molecular flexibility index (Phi) is 6.54. The molecule has 2 N–H and O–H groups in total. The van der Waals surface area contributed by atoms with Crippen LogP contribution in [0.1, 0.15) is 10.4 Å². The molecule has 2 aromatic rings. The third-order valence-electron chi connectivity index (χ3n) is 4.02. The van der Waals surface area contributed by atoms with Gasteiger partial charge in [-0.3, -0.25) is 19.3 Å². The summed E-state index contributed by atoms with van der Waals surface area (Å²) >= 11 is 7.20. The molecule has 1 aliphatic heterocycles. The normalized spacial score (nSPS) is 16.7. The summed E-state index contributed by atoms with van der Waals surface area (Å²) in [5.41, 5.74) is 3.16. The molecule has 1 heterocycles. The first-order chi connectivity index (χ1) is 13.9. The summed E-state index contributed by atoms with van der Waals surface area (Å²) < 4.78 is 6.04. The Balaban J connectivity index is 1.73. The Morgan fingerprint density at radius 1 is 1.28 bits per heavy atom. The molecule has 1 saturated heterocycles. The number of thiocarbonyl (C=S) groups is 1. The average Bonchev–Trinajstić information content (AvgIpc) is 2.71. The number of halogens is 1. The highest BCUT2D eigenvalue weighted by atomic mass is 127. The number of methoxy groups -OCH3 is 1. The number of nitrogens with one attached hydrogen (secondary N) is 2. The number of hydrogen-bond acceptors (Lipinski definition) is 6. The first kappa shape index (κ1) is 20.9. The molecule has 1 aliphatic rings. The minimum Gasteiger partial charge on any atom is -0.496 e. The number of nitrogens with zero attached hydrogens (tertiary/aromatic N) is 2. The van der Waals surface area contributed by atoms with Gasteiger partial charge in [0.1, 0.15) is 5.75 Å². The molecule has 1 fully saturated rings. The number of para-hydroxylation sites is 1. The van der Waals surface area contributed by atoms with Gasteiger partial charge in [0, 0.05) is 11.8 Å². The molecule has 0 saturated carbocycles. The van der Waals surface area contributed by atoms with Gasteiger partial charge in [0.25, 0.3) is 11.8 Å². The Hall–Kier alpha value is -2.86. The molecule has 2 aromatic carbocycles. The van der Waals surface area contributed by atoms with E-state index in [0.29, 0.717) is 17.0 Å². The van der Waals surface area contributed by atoms with Gasteiger partial charge in [-0.15, -0.1) is 0 Å². The number of anilines is 1. The fourth-order valence-corrected chi connectivity index (χ4v) is 3.43. The van der Waals surface area contributed by atoms with Gasteiger partial charge in [0.05, 0.1) is 16.4 Å². The van der Waals surface area contributed by atoms with Gasteiger partial charge < -0.3 is 10.1 Å². The molecule has 29 heavy (non-hydrogen) atoms. The van der Waals surface area contributed by atoms with Crippen molar-refractivity contribution in [2.75, 3.05) is 12.0 Å². The molecule has 0 aromatic heterocycles. The minimum absolute atomic E-state index is 0.00845. The van der Waals surface area contributed by atoms with Crippen LogP contribution < -0.4 is 20.4 Å². The van der Waals surface area contributed by atoms with E-state index in [-0.39, 0.29) is 5.11 Å². The number of hydrazone groups is 1. The van der Waals surface area contributed by atoms with Crippen LogP contribution in [0.4, 0.5) is 5.69 Å². The van der Waals surface area contributed by atoms with Gasteiger partial charge in [-0.25, -0.2) is 5.43 Å². The lowest BCUT2D eigenvalue weighted by molar-refractivity contribution is -0.130. The van der Waals surface area contributed by atoms with E-state index in [9.17, 15) is 14.4 Å². The fraction of sp³-hybridized carbons (Fsp3) is 0.105. The summed E-state index contributed by atoms with van der Waals surface area (Å²) in [7, 11) is 1.51. The zero-order valence-electron chi connectivity index (χ0n) is 15.1. The number of ether oxygens (including phenoxy) is 1. The summed E-state index contributed by atoms with van der Waals surface area (Å²) in [5.74, 6) is -2.35. The Labute approximate surface area is 185 Å². The van der Waals surface area contributed by atoms with Crippen LogP contribution in [-0.4, -0.2) is 36.2 Å². The van der Waals surface area contributed by atoms with Crippen LogP contribution in [0.3, 0.4) is 0 Å². The zero-order chi connectivity index (χ0) is 21.0. The van der Waals surface area contributed by atoms with E-state index in [1.54, 1.807) is 48.5 Å². The lowest BCUT2D eigenvalue weighted by Crippen LogP contribution is -2.58. The number of rotatable bonds is 5. The molecule has 3 rings (SSSR count). The summed E-state index contributed by atoms with van der Waals surface area (Å²) in [5, 5.41) is 6.25. The zero-order valence-corrected chi connectivity index (χ0v) is 18.1. The topological polar surface area (TPSA) is 100 Å². The third-order valence-corrected chi connectivity index (χ3v) is 5.20. The monoisotopic (exact) mass is 522 g/mol. The largest absolute Gasteiger partial charge is 0.496 e. The molecule has 0 radical (unpaired) electrons. The smallest absolute Gasteiger partial charge is 0.271 e. The van der Waals surface area contributed by atoms with Gasteiger partial charge in [-0.05, 0) is 65.1 Å². The quantitative estimate of drug-likeness (QED) is 0.206. The highest BCUT2D eigenvalue weighted by Crippen LogP contribution is 2.22. The van der Waals surface area contributed by atoms with Crippen molar-refractivity contribution < 1.29 is 19.1 Å². The number of carbonyl (C=O) groups excluding carboxylic acids is 3. The summed E-state index contributed by atoms with van der Waals surface area (Å²) in [4.78, 5) is 38.4. The fourth-order valence-electron chi connectivity index (χ4n) is 2.58. The van der Waals surface area contributed by atoms with Crippen LogP contribution in [0.15, 0.2) is 53.6 Å². The molecule has 1 atom stereocenters. The van der Waals surface area contributed by atoms with Crippen molar-refractivity contribution in [2.24, 2.45) is 11.0 Å². The third kappa shape index (κ3) is 4.59. The maximum absolute atomic E-state index is 12.8. The molecule has 148 valence electrons. The van der Waals surface area contributed by atoms with Crippen LogP contribution in [-0.2, 0) is 9.59 Å². The highest BCUT2D eigenvalue weighted by molar-refractivity contribution is 14.1. The van der Waals surface area contributed by atoms with Crippen molar-refractivity contribution >= 4 is 69.5 Å². The van der Waals surface area contributed by atoms with Crippen LogP contribution in [0.2, 0.25) is 0 Å². The molecule has 0 spiro atoms. The van der Waals surface area contributed by atoms with Crippen LogP contribution in [0, 0.1) is 9.49 Å². The molecule has 0 unspecified atom stereocenters. The molecule has 0 aliphatic carbocycles. The molecule has 0 bridgehead atoms. The van der Waals surface area contributed by atoms with Crippen molar-refractivity contribution in [3.63, 3.8) is 0 Å². The first-order valence-corrected chi connectivity index (χ1v) is 9.82. The molecule has 8 nitrogen and oxygen atoms in total. The van der Waals surface area contributed by atoms with Crippen molar-refractivity contribution in [1.82, 2.24) is 10.7 Å². The van der Waals surface area contributed by atoms with Gasteiger partial charge in [-0.1, -0.05) is 18.2 Å². The highest BCUT2D eigenvalue weighted by Gasteiger charge is 2.38. The van der Waals surface area contributed by atoms with E-state index in [4.69, 9.17) is 17.0 Å². The maximum atomic E-state index is 12.8. The van der Waals surface area contributed by atoms with E-state index in [1.165, 1.54) is 12.0 Å². The van der Waals surface area contributed by atoms with Crippen LogP contribution in [0.25, 0.3) is 0 Å². The van der Waals surface area contributed by atoms with E-state index in [2.05, 4.69) is 38.4 Å². The number of hydrogen-bond donors (Lipinski definition) is 2. The summed E-state index contributed by atoms with van der Waals surface area (Å²) in [6.07, 6.45) is 1.08. The van der Waals surface area contributed by atoms with Crippen LogP contribution >= 0.6 is 34.8 Å². The average molecular weight is 522 g/mol. The number of benzene rings is 2.